The van der Waals surface area contributed by atoms with E-state index in [-0.39, 0.29) is 48.6 Å². The highest BCUT2D eigenvalue weighted by molar-refractivity contribution is 7.21. The van der Waals surface area contributed by atoms with E-state index in [2.05, 4.69) is 15.3 Å². The number of benzene rings is 3. The monoisotopic (exact) mass is 789 g/mol. The SMILES string of the molecule is CN(C)c1ccc(-c2ccc(-c3nc4ccc(OCCOCCOCCOc5ccc6c(c5)CN(C5CCC(=O)NC5=O)C6=O)cc4s3)c(C(F)(F)F)c2)cn1. The maximum absolute atomic E-state index is 14.3. The molecule has 0 aliphatic carbocycles. The van der Waals surface area contributed by atoms with Gasteiger partial charge < -0.3 is 28.7 Å². The van der Waals surface area contributed by atoms with Gasteiger partial charge in [-0.15, -0.1) is 11.3 Å². The topological polar surface area (TPSA) is 132 Å². The van der Waals surface area contributed by atoms with Gasteiger partial charge in [0.2, 0.25) is 11.8 Å². The number of hydrogen-bond donors (Lipinski definition) is 1. The average molecular weight is 790 g/mol. The van der Waals surface area contributed by atoms with Crippen molar-refractivity contribution < 1.29 is 46.5 Å². The number of thiazole rings is 1. The zero-order valence-corrected chi connectivity index (χ0v) is 31.4. The van der Waals surface area contributed by atoms with Crippen LogP contribution in [0.5, 0.6) is 11.5 Å². The third-order valence-corrected chi connectivity index (χ3v) is 10.4. The molecule has 0 radical (unpaired) electrons. The van der Waals surface area contributed by atoms with E-state index in [1.54, 1.807) is 60.8 Å². The van der Waals surface area contributed by atoms with Crippen LogP contribution in [0.1, 0.15) is 34.3 Å². The fourth-order valence-corrected chi connectivity index (χ4v) is 7.51. The van der Waals surface area contributed by atoms with E-state index in [4.69, 9.17) is 18.9 Å². The predicted molar refractivity (Wildman–Crippen MR) is 203 cm³/mol. The first-order valence-corrected chi connectivity index (χ1v) is 18.7. The number of imide groups is 1. The molecule has 1 fully saturated rings. The first-order valence-electron chi connectivity index (χ1n) is 17.9. The molecule has 1 N–H and O–H groups in total. The molecular weight excluding hydrogens is 752 g/mol. The lowest BCUT2D eigenvalue weighted by Gasteiger charge is -2.29. The van der Waals surface area contributed by atoms with E-state index < -0.39 is 23.7 Å². The molecule has 1 saturated heterocycles. The highest BCUT2D eigenvalue weighted by atomic mass is 32.1. The summed E-state index contributed by atoms with van der Waals surface area (Å²) >= 11 is 1.16. The van der Waals surface area contributed by atoms with Gasteiger partial charge in [-0.25, -0.2) is 9.97 Å². The Morgan fingerprint density at radius 2 is 1.52 bits per heavy atom. The quantitative estimate of drug-likeness (QED) is 0.0944. The lowest BCUT2D eigenvalue weighted by Crippen LogP contribution is -2.52. The summed E-state index contributed by atoms with van der Waals surface area (Å²) in [6.07, 6.45) is -2.53. The van der Waals surface area contributed by atoms with Gasteiger partial charge in [-0.3, -0.25) is 19.7 Å². The van der Waals surface area contributed by atoms with Crippen molar-refractivity contribution in [1.29, 1.82) is 0 Å². The Balaban J connectivity index is 0.832. The van der Waals surface area contributed by atoms with Gasteiger partial charge in [0.15, 0.2) is 0 Å². The highest BCUT2D eigenvalue weighted by Gasteiger charge is 2.39. The van der Waals surface area contributed by atoms with E-state index in [0.29, 0.717) is 77.1 Å². The molecule has 2 aromatic heterocycles. The Kier molecular flexibility index (Phi) is 11.5. The van der Waals surface area contributed by atoms with Crippen LogP contribution >= 0.6 is 11.3 Å². The van der Waals surface area contributed by atoms with Gasteiger partial charge in [-0.2, -0.15) is 13.2 Å². The van der Waals surface area contributed by atoms with Crippen molar-refractivity contribution in [3.8, 4) is 33.2 Å². The summed E-state index contributed by atoms with van der Waals surface area (Å²) in [7, 11) is 3.68. The van der Waals surface area contributed by atoms with E-state index in [0.717, 1.165) is 23.0 Å². The molecular formula is C40H38F3N5O7S. The normalized spacial score (nSPS) is 15.6. The van der Waals surface area contributed by atoms with Crippen LogP contribution in [0.2, 0.25) is 0 Å². The molecule has 1 unspecified atom stereocenters. The van der Waals surface area contributed by atoms with Crippen LogP contribution in [0.15, 0.2) is 72.9 Å². The third-order valence-electron chi connectivity index (χ3n) is 9.31. The number of halogens is 3. The van der Waals surface area contributed by atoms with Crippen LogP contribution in [0.4, 0.5) is 19.0 Å². The Morgan fingerprint density at radius 1 is 0.839 bits per heavy atom. The minimum absolute atomic E-state index is 0.00554. The molecule has 292 valence electrons. The molecule has 0 spiro atoms. The number of alkyl halides is 3. The predicted octanol–water partition coefficient (Wildman–Crippen LogP) is 6.36. The molecule has 12 nitrogen and oxygen atoms in total. The van der Waals surface area contributed by atoms with Crippen LogP contribution in [0.25, 0.3) is 31.9 Å². The molecule has 4 heterocycles. The molecule has 56 heavy (non-hydrogen) atoms. The number of anilines is 1. The van der Waals surface area contributed by atoms with E-state index in [1.165, 1.54) is 11.0 Å². The standard InChI is InChI=1S/C40H38F3N5O7S/c1-47(2)35-11-4-25(22-44-35)24-3-7-30(31(20-24)40(41,42)43)38-45-32-9-6-28(21-34(32)56-38)55-18-16-53-14-13-52-15-17-54-27-5-8-29-26(19-27)23-48(39(29)51)33-10-12-36(49)46-37(33)50/h3-9,11,19-22,33H,10,12-18,23H2,1-2H3,(H,46,49,50). The third kappa shape index (κ3) is 8.77. The summed E-state index contributed by atoms with van der Waals surface area (Å²) in [5.74, 6) is 0.804. The summed E-state index contributed by atoms with van der Waals surface area (Å²) < 4.78 is 66.4. The van der Waals surface area contributed by atoms with Crippen molar-refractivity contribution in [2.45, 2.75) is 31.6 Å². The van der Waals surface area contributed by atoms with Gasteiger partial charge in [0.1, 0.15) is 41.6 Å². The van der Waals surface area contributed by atoms with Gasteiger partial charge >= 0.3 is 6.18 Å². The molecule has 7 rings (SSSR count). The van der Waals surface area contributed by atoms with Crippen molar-refractivity contribution >= 4 is 45.1 Å². The Bertz CT molecular complexity index is 2250. The van der Waals surface area contributed by atoms with Crippen molar-refractivity contribution in [3.63, 3.8) is 0 Å². The number of carbonyl (C=O) groups is 3. The van der Waals surface area contributed by atoms with E-state index in [9.17, 15) is 27.6 Å². The van der Waals surface area contributed by atoms with Gasteiger partial charge in [-0.1, -0.05) is 12.1 Å². The van der Waals surface area contributed by atoms with Crippen molar-refractivity contribution in [2.75, 3.05) is 58.6 Å². The summed E-state index contributed by atoms with van der Waals surface area (Å²) in [5, 5.41) is 2.56. The Morgan fingerprint density at radius 3 is 2.20 bits per heavy atom. The number of rotatable bonds is 15. The zero-order valence-electron chi connectivity index (χ0n) is 30.6. The largest absolute Gasteiger partial charge is 0.491 e. The zero-order chi connectivity index (χ0) is 39.4. The second-order valence-corrected chi connectivity index (χ2v) is 14.4. The minimum atomic E-state index is -4.59. The molecule has 0 saturated carbocycles. The molecule has 16 heteroatoms. The van der Waals surface area contributed by atoms with Crippen molar-refractivity contribution in [3.05, 3.63) is 89.6 Å². The summed E-state index contributed by atoms with van der Waals surface area (Å²) in [5.41, 5.74) is 2.07. The van der Waals surface area contributed by atoms with Gasteiger partial charge in [-0.05, 0) is 72.1 Å². The number of amides is 3. The summed E-state index contributed by atoms with van der Waals surface area (Å²) in [4.78, 5) is 48.8. The molecule has 5 aromatic rings. The highest BCUT2D eigenvalue weighted by Crippen LogP contribution is 2.42. The number of ether oxygens (including phenoxy) is 4. The lowest BCUT2D eigenvalue weighted by molar-refractivity contribution is -0.138. The van der Waals surface area contributed by atoms with Crippen LogP contribution in [0, 0.1) is 0 Å². The number of carbonyl (C=O) groups excluding carboxylic acids is 3. The van der Waals surface area contributed by atoms with Crippen LogP contribution in [-0.2, 0) is 31.8 Å². The van der Waals surface area contributed by atoms with Gasteiger partial charge in [0, 0.05) is 49.9 Å². The first kappa shape index (κ1) is 38.7. The van der Waals surface area contributed by atoms with Crippen LogP contribution in [0.3, 0.4) is 0 Å². The number of pyridine rings is 1. The maximum atomic E-state index is 14.3. The maximum Gasteiger partial charge on any atom is 0.417 e. The van der Waals surface area contributed by atoms with Crippen LogP contribution in [-0.4, -0.2) is 92.4 Å². The number of fused-ring (bicyclic) bond motifs is 2. The summed E-state index contributed by atoms with van der Waals surface area (Å²) in [6.45, 7) is 2.07. The van der Waals surface area contributed by atoms with Crippen LogP contribution < -0.4 is 19.7 Å². The molecule has 0 bridgehead atoms. The van der Waals surface area contributed by atoms with E-state index in [1.807, 2.05) is 19.0 Å². The molecule has 2 aliphatic rings. The molecule has 2 aliphatic heterocycles. The number of hydrogen-bond acceptors (Lipinski definition) is 11. The van der Waals surface area contributed by atoms with E-state index >= 15 is 0 Å². The smallest absolute Gasteiger partial charge is 0.417 e. The van der Waals surface area contributed by atoms with Gasteiger partial charge in [0.25, 0.3) is 5.91 Å². The first-order chi connectivity index (χ1) is 26.9. The second-order valence-electron chi connectivity index (χ2n) is 13.3. The van der Waals surface area contributed by atoms with Crippen molar-refractivity contribution in [1.82, 2.24) is 20.2 Å². The molecule has 1 atom stereocenters. The Hall–Kier alpha value is -5.58. The van der Waals surface area contributed by atoms with Crippen molar-refractivity contribution in [2.24, 2.45) is 0 Å². The second kappa shape index (κ2) is 16.6. The molecule has 3 amide bonds. The number of nitrogens with zero attached hydrogens (tertiary/aromatic N) is 4. The lowest BCUT2D eigenvalue weighted by atomic mass is 10.00. The number of nitrogens with one attached hydrogen (secondary N) is 1. The Labute approximate surface area is 324 Å². The van der Waals surface area contributed by atoms with Gasteiger partial charge in [0.05, 0.1) is 42.2 Å². The fraction of sp³-hybridized carbons (Fsp3) is 0.325. The fourth-order valence-electron chi connectivity index (χ4n) is 6.48. The molecule has 3 aromatic carbocycles. The number of piperidine rings is 1. The minimum Gasteiger partial charge on any atom is -0.491 e. The summed E-state index contributed by atoms with van der Waals surface area (Å²) in [6, 6.07) is 17.5. The number of aromatic nitrogens is 2. The average Bonchev–Trinajstić information content (AvgIpc) is 3.75.